The summed E-state index contributed by atoms with van der Waals surface area (Å²) in [5.41, 5.74) is -0.397. The van der Waals surface area contributed by atoms with E-state index in [0.29, 0.717) is 37.3 Å². The van der Waals surface area contributed by atoms with Gasteiger partial charge in [0, 0.05) is 31.7 Å². The Morgan fingerprint density at radius 2 is 2.00 bits per heavy atom. The van der Waals surface area contributed by atoms with Crippen molar-refractivity contribution in [3.8, 4) is 0 Å². The van der Waals surface area contributed by atoms with Gasteiger partial charge in [-0.2, -0.15) is 0 Å². The predicted octanol–water partition coefficient (Wildman–Crippen LogP) is 1.17. The van der Waals surface area contributed by atoms with Gasteiger partial charge >= 0.3 is 12.0 Å². The van der Waals surface area contributed by atoms with E-state index in [4.69, 9.17) is 0 Å². The van der Waals surface area contributed by atoms with Crippen molar-refractivity contribution in [2.75, 3.05) is 36.5 Å². The van der Waals surface area contributed by atoms with Gasteiger partial charge in [-0.3, -0.25) is 19.8 Å². The van der Waals surface area contributed by atoms with E-state index in [1.807, 2.05) is 0 Å². The zero-order chi connectivity index (χ0) is 19.6. The highest BCUT2D eigenvalue weighted by Crippen LogP contribution is 2.32. The van der Waals surface area contributed by atoms with Crippen molar-refractivity contribution >= 4 is 29.3 Å². The number of methoxy groups -OCH3 is 1. The fourth-order valence-electron chi connectivity index (χ4n) is 3.41. The zero-order valence-electron chi connectivity index (χ0n) is 15.0. The molecule has 3 amide bonds. The van der Waals surface area contributed by atoms with Gasteiger partial charge < -0.3 is 14.7 Å². The Labute approximate surface area is 155 Å². The lowest BCUT2D eigenvalue weighted by molar-refractivity contribution is -0.147. The lowest BCUT2D eigenvalue weighted by Gasteiger charge is -2.39. The Morgan fingerprint density at radius 3 is 2.59 bits per heavy atom. The molecular formula is C18H22FN3O5. The molecule has 0 aromatic heterocycles. The lowest BCUT2D eigenvalue weighted by Crippen LogP contribution is -2.49. The van der Waals surface area contributed by atoms with Crippen LogP contribution in [0.3, 0.4) is 0 Å². The molecule has 0 unspecified atom stereocenters. The third-order valence-corrected chi connectivity index (χ3v) is 5.03. The van der Waals surface area contributed by atoms with E-state index in [1.165, 1.54) is 18.1 Å². The number of halogens is 1. The highest BCUT2D eigenvalue weighted by atomic mass is 19.1. The number of hydrogen-bond donors (Lipinski definition) is 2. The first kappa shape index (κ1) is 19.1. The Hall–Kier alpha value is -2.68. The molecule has 2 heterocycles. The van der Waals surface area contributed by atoms with Gasteiger partial charge in [-0.05, 0) is 31.0 Å². The maximum atomic E-state index is 14.6. The van der Waals surface area contributed by atoms with E-state index in [9.17, 15) is 23.9 Å². The Balaban J connectivity index is 1.68. The molecule has 9 heteroatoms. The van der Waals surface area contributed by atoms with E-state index in [1.54, 1.807) is 17.0 Å². The van der Waals surface area contributed by atoms with Crippen molar-refractivity contribution in [1.82, 2.24) is 5.32 Å². The number of carbonyl (C=O) groups is 3. The average Bonchev–Trinajstić information content (AvgIpc) is 2.62. The van der Waals surface area contributed by atoms with E-state index in [0.717, 1.165) is 0 Å². The summed E-state index contributed by atoms with van der Waals surface area (Å²) in [5.74, 6) is -1.31. The number of carbonyl (C=O) groups excluding carboxylic acids is 3. The van der Waals surface area contributed by atoms with Crippen molar-refractivity contribution in [2.24, 2.45) is 0 Å². The Bertz CT molecular complexity index is 761. The summed E-state index contributed by atoms with van der Waals surface area (Å²) in [5, 5.41) is 12.7. The number of hydrogen-bond acceptors (Lipinski definition) is 6. The monoisotopic (exact) mass is 379 g/mol. The third kappa shape index (κ3) is 4.19. The smallest absolute Gasteiger partial charge is 0.328 e. The number of amides is 3. The molecule has 1 aromatic rings. The molecule has 2 aliphatic heterocycles. The van der Waals surface area contributed by atoms with Gasteiger partial charge in [0.2, 0.25) is 5.91 Å². The number of nitrogens with one attached hydrogen (secondary N) is 1. The average molecular weight is 379 g/mol. The van der Waals surface area contributed by atoms with Crippen LogP contribution in [0.4, 0.5) is 20.6 Å². The summed E-state index contributed by atoms with van der Waals surface area (Å²) in [6, 6.07) is 3.91. The third-order valence-electron chi connectivity index (χ3n) is 5.03. The second kappa shape index (κ2) is 7.51. The van der Waals surface area contributed by atoms with Gasteiger partial charge in [-0.15, -0.1) is 0 Å². The van der Waals surface area contributed by atoms with Gasteiger partial charge in [0.05, 0.1) is 24.8 Å². The molecular weight excluding hydrogens is 357 g/mol. The molecule has 2 fully saturated rings. The first-order valence-electron chi connectivity index (χ1n) is 8.76. The molecule has 8 nitrogen and oxygen atoms in total. The molecule has 2 aliphatic rings. The van der Waals surface area contributed by atoms with Crippen LogP contribution in [0.2, 0.25) is 0 Å². The normalized spacial score (nSPS) is 19.7. The maximum absolute atomic E-state index is 14.6. The zero-order valence-corrected chi connectivity index (χ0v) is 15.0. The minimum atomic E-state index is -1.14. The number of urea groups is 1. The quantitative estimate of drug-likeness (QED) is 0.762. The van der Waals surface area contributed by atoms with Crippen LogP contribution >= 0.6 is 0 Å². The highest BCUT2D eigenvalue weighted by Gasteiger charge is 2.35. The van der Waals surface area contributed by atoms with E-state index in [-0.39, 0.29) is 25.3 Å². The number of piperidine rings is 1. The number of ether oxygens (including phenoxy) is 1. The van der Waals surface area contributed by atoms with Gasteiger partial charge in [0.25, 0.3) is 0 Å². The van der Waals surface area contributed by atoms with Crippen molar-refractivity contribution in [3.63, 3.8) is 0 Å². The molecule has 0 spiro atoms. The van der Waals surface area contributed by atoms with E-state index >= 15 is 0 Å². The second-order valence-corrected chi connectivity index (χ2v) is 6.85. The number of anilines is 2. The van der Waals surface area contributed by atoms with E-state index in [2.05, 4.69) is 10.1 Å². The molecule has 2 N–H and O–H groups in total. The summed E-state index contributed by atoms with van der Waals surface area (Å²) >= 11 is 0. The minimum absolute atomic E-state index is 0.0818. The topological polar surface area (TPSA) is 99.2 Å². The largest absolute Gasteiger partial charge is 0.469 e. The number of esters is 1. The Kier molecular flexibility index (Phi) is 5.31. The van der Waals surface area contributed by atoms with Crippen LogP contribution in [0.15, 0.2) is 18.2 Å². The maximum Gasteiger partial charge on any atom is 0.328 e. The van der Waals surface area contributed by atoms with Crippen LogP contribution < -0.4 is 15.1 Å². The van der Waals surface area contributed by atoms with Crippen molar-refractivity contribution < 1.29 is 28.6 Å². The fourth-order valence-corrected chi connectivity index (χ4v) is 3.41. The van der Waals surface area contributed by atoms with Crippen LogP contribution in [0.25, 0.3) is 0 Å². The molecule has 2 saturated heterocycles. The van der Waals surface area contributed by atoms with Crippen molar-refractivity contribution in [3.05, 3.63) is 24.0 Å². The van der Waals surface area contributed by atoms with Crippen molar-refractivity contribution in [2.45, 2.75) is 31.3 Å². The summed E-state index contributed by atoms with van der Waals surface area (Å²) in [6.07, 6.45) is 0.724. The predicted molar refractivity (Wildman–Crippen MR) is 94.9 cm³/mol. The summed E-state index contributed by atoms with van der Waals surface area (Å²) in [7, 11) is 1.27. The molecule has 0 saturated carbocycles. The highest BCUT2D eigenvalue weighted by molar-refractivity contribution is 6.05. The summed E-state index contributed by atoms with van der Waals surface area (Å²) in [4.78, 5) is 37.6. The first-order chi connectivity index (χ1) is 12.8. The number of rotatable bonds is 4. The number of benzene rings is 1. The second-order valence-electron chi connectivity index (χ2n) is 6.85. The standard InChI is InChI=1S/C18H22FN3O5/c1-27-16(24)11-18(26)5-8-21(9-6-18)14-3-2-12(10-13(14)19)22-7-4-15(23)20-17(22)25/h2-3,10,26H,4-9,11H2,1H3,(H,20,23,25). The molecule has 0 atom stereocenters. The molecule has 3 rings (SSSR count). The molecule has 0 aliphatic carbocycles. The van der Waals surface area contributed by atoms with E-state index < -0.39 is 23.4 Å². The molecule has 0 radical (unpaired) electrons. The molecule has 0 bridgehead atoms. The van der Waals surface area contributed by atoms with Gasteiger partial charge in [0.1, 0.15) is 5.82 Å². The Morgan fingerprint density at radius 1 is 1.30 bits per heavy atom. The van der Waals surface area contributed by atoms with Crippen LogP contribution in [0, 0.1) is 5.82 Å². The molecule has 1 aromatic carbocycles. The SMILES string of the molecule is COC(=O)CC1(O)CCN(c2ccc(N3CCC(=O)NC3=O)cc2F)CC1. The fraction of sp³-hybridized carbons (Fsp3) is 0.500. The minimum Gasteiger partial charge on any atom is -0.469 e. The lowest BCUT2D eigenvalue weighted by atomic mass is 9.88. The summed E-state index contributed by atoms with van der Waals surface area (Å²) in [6.45, 7) is 0.985. The first-order valence-corrected chi connectivity index (χ1v) is 8.76. The van der Waals surface area contributed by atoms with Crippen LogP contribution in [-0.2, 0) is 14.3 Å². The molecule has 146 valence electrons. The van der Waals surface area contributed by atoms with Gasteiger partial charge in [-0.25, -0.2) is 9.18 Å². The van der Waals surface area contributed by atoms with Crippen LogP contribution in [0.5, 0.6) is 0 Å². The van der Waals surface area contributed by atoms with Crippen molar-refractivity contribution in [1.29, 1.82) is 0 Å². The summed E-state index contributed by atoms with van der Waals surface area (Å²) < 4.78 is 19.3. The van der Waals surface area contributed by atoms with Gasteiger partial charge in [-0.1, -0.05) is 0 Å². The number of nitrogens with zero attached hydrogens (tertiary/aromatic N) is 2. The molecule has 27 heavy (non-hydrogen) atoms. The number of imide groups is 1. The van der Waals surface area contributed by atoms with Crippen LogP contribution in [0.1, 0.15) is 25.7 Å². The number of aliphatic hydroxyl groups is 1. The van der Waals surface area contributed by atoms with Gasteiger partial charge in [0.15, 0.2) is 0 Å². The van der Waals surface area contributed by atoms with Crippen LogP contribution in [-0.4, -0.2) is 55.4 Å².